The van der Waals surface area contributed by atoms with Gasteiger partial charge in [0.05, 0.1) is 18.9 Å². The molecule has 1 aromatic heterocycles. The first-order valence-electron chi connectivity index (χ1n) is 11.4. The zero-order chi connectivity index (χ0) is 24.5. The molecule has 35 heavy (non-hydrogen) atoms. The van der Waals surface area contributed by atoms with Crippen LogP contribution in [0.3, 0.4) is 0 Å². The maximum atomic E-state index is 11.2. The number of rotatable bonds is 10. The Morgan fingerprint density at radius 1 is 1.03 bits per heavy atom. The second-order valence-corrected chi connectivity index (χ2v) is 8.29. The van der Waals surface area contributed by atoms with Gasteiger partial charge in [0.2, 0.25) is 0 Å². The van der Waals surface area contributed by atoms with Gasteiger partial charge in [0, 0.05) is 24.6 Å². The highest BCUT2D eigenvalue weighted by Crippen LogP contribution is 2.24. The number of carboxylic acids is 1. The fourth-order valence-electron chi connectivity index (χ4n) is 3.59. The Hall–Kier alpha value is -3.75. The van der Waals surface area contributed by atoms with Crippen molar-refractivity contribution in [2.75, 3.05) is 26.4 Å². The van der Waals surface area contributed by atoms with E-state index in [0.29, 0.717) is 25.5 Å². The molecule has 0 aliphatic carbocycles. The number of hydrogen-bond acceptors (Lipinski definition) is 7. The third-order valence-corrected chi connectivity index (χ3v) is 5.58. The number of hydrogen-bond donors (Lipinski definition) is 1. The molecule has 1 saturated heterocycles. The van der Waals surface area contributed by atoms with Crippen molar-refractivity contribution in [3.8, 4) is 5.75 Å². The van der Waals surface area contributed by atoms with Crippen molar-refractivity contribution in [3.05, 3.63) is 95.8 Å². The lowest BCUT2D eigenvalue weighted by Gasteiger charge is -2.34. The van der Waals surface area contributed by atoms with Crippen LogP contribution in [-0.2, 0) is 25.5 Å². The van der Waals surface area contributed by atoms with Crippen LogP contribution in [0.4, 0.5) is 0 Å². The largest absolute Gasteiger partial charge is 0.490 e. The van der Waals surface area contributed by atoms with Gasteiger partial charge in [0.25, 0.3) is 5.79 Å². The van der Waals surface area contributed by atoms with Crippen LogP contribution in [0.2, 0.25) is 0 Å². The molecule has 0 amide bonds. The molecule has 1 N–H and O–H groups in total. The average Bonchev–Trinajstić information content (AvgIpc) is 2.89. The van der Waals surface area contributed by atoms with Gasteiger partial charge in [-0.1, -0.05) is 53.7 Å². The fraction of sp³-hybridized carbons (Fsp3) is 0.296. The Morgan fingerprint density at radius 2 is 1.74 bits per heavy atom. The number of carboxylic acid groups (broad SMARTS) is 1. The minimum absolute atomic E-state index is 0.0957. The summed E-state index contributed by atoms with van der Waals surface area (Å²) in [6.45, 7) is 2.72. The maximum Gasteiger partial charge on any atom is 0.364 e. The molecule has 0 unspecified atom stereocenters. The molecule has 1 fully saturated rings. The summed E-state index contributed by atoms with van der Waals surface area (Å²) in [5.74, 6) is -1.85. The lowest BCUT2D eigenvalue weighted by atomic mass is 9.99. The van der Waals surface area contributed by atoms with E-state index < -0.39 is 11.8 Å². The predicted molar refractivity (Wildman–Crippen MR) is 129 cm³/mol. The Bertz CT molecular complexity index is 1070. The van der Waals surface area contributed by atoms with Crippen molar-refractivity contribution in [2.24, 2.45) is 11.1 Å². The van der Waals surface area contributed by atoms with Gasteiger partial charge < -0.3 is 24.2 Å². The molecule has 1 aliphatic heterocycles. The van der Waals surface area contributed by atoms with Crippen molar-refractivity contribution >= 4 is 11.7 Å². The van der Waals surface area contributed by atoms with Crippen molar-refractivity contribution < 1.29 is 28.9 Å². The fourth-order valence-corrected chi connectivity index (χ4v) is 3.59. The summed E-state index contributed by atoms with van der Waals surface area (Å²) in [5, 5.41) is 13.5. The van der Waals surface area contributed by atoms with E-state index in [2.05, 4.69) is 10.1 Å². The molecule has 0 saturated carbocycles. The molecule has 0 bridgehead atoms. The van der Waals surface area contributed by atoms with E-state index in [9.17, 15) is 4.79 Å². The number of nitrogens with zero attached hydrogens (tertiary/aromatic N) is 2. The molecule has 8 heteroatoms. The highest BCUT2D eigenvalue weighted by molar-refractivity contribution is 6.11. The van der Waals surface area contributed by atoms with Crippen molar-refractivity contribution in [3.63, 3.8) is 0 Å². The first-order valence-corrected chi connectivity index (χ1v) is 11.4. The van der Waals surface area contributed by atoms with E-state index >= 15 is 0 Å². The Morgan fingerprint density at radius 3 is 2.40 bits per heavy atom. The molecule has 182 valence electrons. The van der Waals surface area contributed by atoms with E-state index in [1.54, 1.807) is 6.20 Å². The van der Waals surface area contributed by atoms with Gasteiger partial charge in [-0.25, -0.2) is 4.79 Å². The summed E-state index contributed by atoms with van der Waals surface area (Å²) in [6, 6.07) is 23.2. The van der Waals surface area contributed by atoms with E-state index in [1.165, 1.54) is 6.92 Å². The quantitative estimate of drug-likeness (QED) is 0.269. The second-order valence-electron chi connectivity index (χ2n) is 8.29. The van der Waals surface area contributed by atoms with Crippen LogP contribution in [-0.4, -0.2) is 54.0 Å². The van der Waals surface area contributed by atoms with Gasteiger partial charge in [-0.2, -0.15) is 0 Å². The summed E-state index contributed by atoms with van der Waals surface area (Å²) >= 11 is 0. The normalized spacial score (nSPS) is 20.3. The summed E-state index contributed by atoms with van der Waals surface area (Å²) in [4.78, 5) is 21.1. The van der Waals surface area contributed by atoms with Crippen molar-refractivity contribution in [2.45, 2.75) is 19.1 Å². The lowest BCUT2D eigenvalue weighted by molar-refractivity contribution is -0.270. The number of pyridine rings is 1. The Kier molecular flexibility index (Phi) is 8.07. The van der Waals surface area contributed by atoms with E-state index in [4.69, 9.17) is 24.2 Å². The van der Waals surface area contributed by atoms with Gasteiger partial charge in [-0.15, -0.1) is 0 Å². The number of aliphatic carboxylic acids is 1. The maximum absolute atomic E-state index is 11.2. The first-order chi connectivity index (χ1) is 17.0. The Balaban J connectivity index is 1.24. The van der Waals surface area contributed by atoms with Crippen LogP contribution < -0.4 is 4.74 Å². The number of ether oxygens (including phenoxy) is 3. The molecule has 2 aromatic carbocycles. The zero-order valence-corrected chi connectivity index (χ0v) is 19.5. The van der Waals surface area contributed by atoms with Crippen molar-refractivity contribution in [1.29, 1.82) is 0 Å². The third-order valence-electron chi connectivity index (χ3n) is 5.58. The van der Waals surface area contributed by atoms with Gasteiger partial charge in [0.1, 0.15) is 18.1 Å². The minimum atomic E-state index is -1.56. The first kappa shape index (κ1) is 24.4. The van der Waals surface area contributed by atoms with Crippen LogP contribution in [0, 0.1) is 5.92 Å². The van der Waals surface area contributed by atoms with Crippen LogP contribution in [0.1, 0.15) is 23.7 Å². The predicted octanol–water partition coefficient (Wildman–Crippen LogP) is 3.94. The van der Waals surface area contributed by atoms with Crippen LogP contribution in [0.15, 0.2) is 84.1 Å². The van der Waals surface area contributed by atoms with Crippen LogP contribution >= 0.6 is 0 Å². The third kappa shape index (κ3) is 6.65. The standard InChI is InChI=1S/C27H28N2O6/c1-27(26(30)31)33-18-21(19-34-27)17-20-10-12-23(13-11-20)32-15-16-35-29-25(22-7-3-2-4-8-22)24-9-5-6-14-28-24/h2-14,21H,15-19H2,1H3,(H,30,31)/b29-25+/t21-,27-. The molecular formula is C27H28N2O6. The van der Waals surface area contributed by atoms with E-state index in [-0.39, 0.29) is 12.5 Å². The average molecular weight is 477 g/mol. The Labute approximate surface area is 204 Å². The summed E-state index contributed by atoms with van der Waals surface area (Å²) in [6.07, 6.45) is 2.45. The topological polar surface area (TPSA) is 99.5 Å². The number of benzene rings is 2. The van der Waals surface area contributed by atoms with E-state index in [0.717, 1.165) is 29.0 Å². The monoisotopic (exact) mass is 476 g/mol. The molecule has 8 nitrogen and oxygen atoms in total. The molecular weight excluding hydrogens is 448 g/mol. The van der Waals surface area contributed by atoms with Gasteiger partial charge in [0.15, 0.2) is 6.61 Å². The summed E-state index contributed by atoms with van der Waals surface area (Å²) in [5.41, 5.74) is 3.41. The number of aromatic nitrogens is 1. The molecule has 0 radical (unpaired) electrons. The number of oxime groups is 1. The summed E-state index contributed by atoms with van der Waals surface area (Å²) < 4.78 is 16.6. The highest BCUT2D eigenvalue weighted by atomic mass is 16.7. The van der Waals surface area contributed by atoms with E-state index in [1.807, 2.05) is 72.8 Å². The van der Waals surface area contributed by atoms with Crippen LogP contribution in [0.5, 0.6) is 5.75 Å². The highest BCUT2D eigenvalue weighted by Gasteiger charge is 2.40. The van der Waals surface area contributed by atoms with Crippen molar-refractivity contribution in [1.82, 2.24) is 4.98 Å². The minimum Gasteiger partial charge on any atom is -0.490 e. The second kappa shape index (κ2) is 11.6. The zero-order valence-electron chi connectivity index (χ0n) is 19.5. The van der Waals surface area contributed by atoms with Gasteiger partial charge >= 0.3 is 5.97 Å². The molecule has 3 aromatic rings. The molecule has 0 atom stereocenters. The number of carbonyl (C=O) groups is 1. The van der Waals surface area contributed by atoms with Gasteiger partial charge in [-0.05, 0) is 36.2 Å². The molecule has 2 heterocycles. The lowest BCUT2D eigenvalue weighted by Crippen LogP contribution is -2.48. The van der Waals surface area contributed by atoms with Gasteiger partial charge in [-0.3, -0.25) is 4.98 Å². The van der Waals surface area contributed by atoms with Crippen LogP contribution in [0.25, 0.3) is 0 Å². The summed E-state index contributed by atoms with van der Waals surface area (Å²) in [7, 11) is 0. The molecule has 0 spiro atoms. The SMILES string of the molecule is C[C@]1(C(=O)O)OC[C@H](Cc2ccc(OCCO/N=C(\c3ccccc3)c3ccccn3)cc2)CO1. The molecule has 4 rings (SSSR count). The molecule has 1 aliphatic rings. The smallest absolute Gasteiger partial charge is 0.364 e.